The van der Waals surface area contributed by atoms with E-state index < -0.39 is 4.92 Å². The lowest BCUT2D eigenvalue weighted by Crippen LogP contribution is -2.06. The monoisotopic (exact) mass is 445 g/mol. The zero-order chi connectivity index (χ0) is 22.7. The Balaban J connectivity index is 1.67. The van der Waals surface area contributed by atoms with E-state index in [0.717, 1.165) is 16.8 Å². The smallest absolute Gasteiger partial charge is 0.270 e. The summed E-state index contributed by atoms with van der Waals surface area (Å²) in [6.07, 6.45) is 3.38. The Kier molecular flexibility index (Phi) is 6.09. The summed E-state index contributed by atoms with van der Waals surface area (Å²) in [6.45, 7) is 4.08. The molecule has 4 aromatic rings. The normalized spacial score (nSPS) is 10.8. The maximum atomic E-state index is 12.7. The van der Waals surface area contributed by atoms with Gasteiger partial charge in [0.15, 0.2) is 16.8 Å². The van der Waals surface area contributed by atoms with E-state index in [4.69, 9.17) is 0 Å². The number of carbonyl (C=O) groups excluding carboxylic acids is 1. The molecule has 0 saturated carbocycles. The number of thioether (sulfide) groups is 1. The molecule has 0 saturated heterocycles. The van der Waals surface area contributed by atoms with Crippen molar-refractivity contribution >= 4 is 23.2 Å². The molecule has 32 heavy (non-hydrogen) atoms. The van der Waals surface area contributed by atoms with Crippen LogP contribution in [0.25, 0.3) is 17.1 Å². The predicted octanol–water partition coefficient (Wildman–Crippen LogP) is 4.83. The molecule has 0 spiro atoms. The predicted molar refractivity (Wildman–Crippen MR) is 122 cm³/mol. The minimum absolute atomic E-state index is 0.0699. The SMILES string of the molecule is Cc1ccc(-n2c(SCC(=O)c3cccc([N+](=O)[O-])c3)nnc2-c2ccncc2)cc1C. The maximum Gasteiger partial charge on any atom is 0.270 e. The minimum Gasteiger partial charge on any atom is -0.293 e. The molecule has 2 heterocycles. The summed E-state index contributed by atoms with van der Waals surface area (Å²) in [6, 6.07) is 15.5. The summed E-state index contributed by atoms with van der Waals surface area (Å²) < 4.78 is 1.91. The third-order valence-electron chi connectivity index (χ3n) is 5.03. The van der Waals surface area contributed by atoms with Crippen molar-refractivity contribution in [1.29, 1.82) is 0 Å². The van der Waals surface area contributed by atoms with Crippen LogP contribution in [-0.2, 0) is 0 Å². The van der Waals surface area contributed by atoms with Gasteiger partial charge in [-0.1, -0.05) is 30.0 Å². The molecular formula is C23H19N5O3S. The van der Waals surface area contributed by atoms with E-state index in [1.807, 2.05) is 42.7 Å². The molecule has 0 radical (unpaired) electrons. The third-order valence-corrected chi connectivity index (χ3v) is 5.96. The van der Waals surface area contributed by atoms with E-state index in [1.165, 1.54) is 35.5 Å². The Hall–Kier alpha value is -3.85. The van der Waals surface area contributed by atoms with Gasteiger partial charge >= 0.3 is 0 Å². The number of pyridine rings is 1. The van der Waals surface area contributed by atoms with Crippen LogP contribution >= 0.6 is 11.8 Å². The van der Waals surface area contributed by atoms with Gasteiger partial charge in [0, 0.05) is 35.7 Å². The number of nitro groups is 1. The fourth-order valence-corrected chi connectivity index (χ4v) is 4.00. The van der Waals surface area contributed by atoms with Gasteiger partial charge in [0.2, 0.25) is 0 Å². The molecule has 0 atom stereocenters. The van der Waals surface area contributed by atoms with Crippen molar-refractivity contribution in [2.75, 3.05) is 5.75 Å². The molecule has 0 N–H and O–H groups in total. The van der Waals surface area contributed by atoms with E-state index in [1.54, 1.807) is 18.5 Å². The average molecular weight is 446 g/mol. The molecule has 160 valence electrons. The van der Waals surface area contributed by atoms with Gasteiger partial charge in [0.25, 0.3) is 5.69 Å². The van der Waals surface area contributed by atoms with Crippen LogP contribution in [0.2, 0.25) is 0 Å². The summed E-state index contributed by atoms with van der Waals surface area (Å²) >= 11 is 1.24. The maximum absolute atomic E-state index is 12.7. The van der Waals surface area contributed by atoms with Crippen LogP contribution in [0, 0.1) is 24.0 Å². The van der Waals surface area contributed by atoms with Crippen molar-refractivity contribution in [1.82, 2.24) is 19.7 Å². The fourth-order valence-electron chi connectivity index (χ4n) is 3.16. The Bertz CT molecular complexity index is 1300. The topological polar surface area (TPSA) is 104 Å². The van der Waals surface area contributed by atoms with Crippen LogP contribution in [0.15, 0.2) is 72.1 Å². The van der Waals surface area contributed by atoms with E-state index >= 15 is 0 Å². The second-order valence-corrected chi connectivity index (χ2v) is 8.11. The van der Waals surface area contributed by atoms with Crippen molar-refractivity contribution in [2.45, 2.75) is 19.0 Å². The molecule has 0 aliphatic rings. The second-order valence-electron chi connectivity index (χ2n) is 7.17. The Morgan fingerprint density at radius 1 is 1.03 bits per heavy atom. The molecular weight excluding hydrogens is 426 g/mol. The number of Topliss-reactive ketones (excluding diaryl/α,β-unsaturated/α-hetero) is 1. The first-order chi connectivity index (χ1) is 15.4. The summed E-state index contributed by atoms with van der Waals surface area (Å²) in [5.41, 5.74) is 4.21. The number of hydrogen-bond acceptors (Lipinski definition) is 7. The van der Waals surface area contributed by atoms with Gasteiger partial charge < -0.3 is 0 Å². The van der Waals surface area contributed by atoms with Gasteiger partial charge in [-0.2, -0.15) is 0 Å². The zero-order valence-corrected chi connectivity index (χ0v) is 18.2. The molecule has 2 aromatic carbocycles. The van der Waals surface area contributed by atoms with E-state index in [-0.39, 0.29) is 17.2 Å². The number of non-ortho nitro benzene ring substituents is 1. The first kappa shape index (κ1) is 21.4. The lowest BCUT2D eigenvalue weighted by atomic mass is 10.1. The number of rotatable bonds is 7. The molecule has 0 amide bonds. The number of aryl methyl sites for hydroxylation is 2. The highest BCUT2D eigenvalue weighted by Crippen LogP contribution is 2.29. The quantitative estimate of drug-likeness (QED) is 0.174. The summed E-state index contributed by atoms with van der Waals surface area (Å²) in [4.78, 5) is 27.3. The van der Waals surface area contributed by atoms with Crippen molar-refractivity contribution in [3.05, 3.63) is 93.8 Å². The molecule has 0 bridgehead atoms. The number of hydrogen-bond donors (Lipinski definition) is 0. The van der Waals surface area contributed by atoms with Crippen molar-refractivity contribution in [3.8, 4) is 17.1 Å². The largest absolute Gasteiger partial charge is 0.293 e. The molecule has 4 rings (SSSR count). The van der Waals surface area contributed by atoms with Crippen LogP contribution in [0.5, 0.6) is 0 Å². The van der Waals surface area contributed by atoms with Gasteiger partial charge in [-0.3, -0.25) is 24.5 Å². The van der Waals surface area contributed by atoms with Crippen LogP contribution in [0.1, 0.15) is 21.5 Å². The van der Waals surface area contributed by atoms with E-state index in [2.05, 4.69) is 21.2 Å². The van der Waals surface area contributed by atoms with Gasteiger partial charge in [-0.05, 0) is 49.2 Å². The van der Waals surface area contributed by atoms with Crippen LogP contribution in [0.4, 0.5) is 5.69 Å². The summed E-state index contributed by atoms with van der Waals surface area (Å²) in [7, 11) is 0. The first-order valence-corrected chi connectivity index (χ1v) is 10.8. The molecule has 0 fully saturated rings. The average Bonchev–Trinajstić information content (AvgIpc) is 3.24. The molecule has 2 aromatic heterocycles. The lowest BCUT2D eigenvalue weighted by molar-refractivity contribution is -0.384. The van der Waals surface area contributed by atoms with Crippen molar-refractivity contribution in [3.63, 3.8) is 0 Å². The van der Waals surface area contributed by atoms with Crippen LogP contribution in [-0.4, -0.2) is 36.2 Å². The number of nitrogens with zero attached hydrogens (tertiary/aromatic N) is 5. The van der Waals surface area contributed by atoms with Gasteiger partial charge in [0.05, 0.1) is 16.4 Å². The van der Waals surface area contributed by atoms with Gasteiger partial charge in [-0.25, -0.2) is 0 Å². The first-order valence-electron chi connectivity index (χ1n) is 9.78. The lowest BCUT2D eigenvalue weighted by Gasteiger charge is -2.12. The molecule has 0 aliphatic carbocycles. The minimum atomic E-state index is -0.513. The van der Waals surface area contributed by atoms with Gasteiger partial charge in [0.1, 0.15) is 0 Å². The second kappa shape index (κ2) is 9.11. The standard InChI is InChI=1S/C23H19N5O3S/c1-15-6-7-19(12-16(15)2)27-22(17-8-10-24-11-9-17)25-26-23(27)32-14-21(29)18-4-3-5-20(13-18)28(30)31/h3-13H,14H2,1-2H3. The Morgan fingerprint density at radius 2 is 1.81 bits per heavy atom. The number of benzene rings is 2. The number of aromatic nitrogens is 4. The third kappa shape index (κ3) is 4.42. The zero-order valence-electron chi connectivity index (χ0n) is 17.4. The summed E-state index contributed by atoms with van der Waals surface area (Å²) in [5, 5.41) is 20.3. The van der Waals surface area contributed by atoms with E-state index in [0.29, 0.717) is 16.5 Å². The number of carbonyl (C=O) groups is 1. The number of ketones is 1. The van der Waals surface area contributed by atoms with Crippen LogP contribution in [0.3, 0.4) is 0 Å². The molecule has 0 unspecified atom stereocenters. The van der Waals surface area contributed by atoms with Gasteiger partial charge in [-0.15, -0.1) is 10.2 Å². The summed E-state index contributed by atoms with van der Waals surface area (Å²) in [5.74, 6) is 0.486. The fraction of sp³-hybridized carbons (Fsp3) is 0.130. The molecule has 9 heteroatoms. The highest BCUT2D eigenvalue weighted by molar-refractivity contribution is 7.99. The van der Waals surface area contributed by atoms with Crippen molar-refractivity contribution < 1.29 is 9.72 Å². The van der Waals surface area contributed by atoms with Crippen molar-refractivity contribution in [2.24, 2.45) is 0 Å². The van der Waals surface area contributed by atoms with E-state index in [9.17, 15) is 14.9 Å². The highest BCUT2D eigenvalue weighted by atomic mass is 32.2. The Morgan fingerprint density at radius 3 is 2.53 bits per heavy atom. The van der Waals surface area contributed by atoms with Crippen LogP contribution < -0.4 is 0 Å². The number of nitro benzene ring substituents is 1. The Labute approximate surface area is 188 Å². The molecule has 0 aliphatic heterocycles. The highest BCUT2D eigenvalue weighted by Gasteiger charge is 2.19. The molecule has 8 nitrogen and oxygen atoms in total.